The van der Waals surface area contributed by atoms with Gasteiger partial charge in [0.15, 0.2) is 0 Å². The summed E-state index contributed by atoms with van der Waals surface area (Å²) >= 11 is 0. The fourth-order valence-corrected chi connectivity index (χ4v) is 2.78. The predicted molar refractivity (Wildman–Crippen MR) is 80.7 cm³/mol. The predicted octanol–water partition coefficient (Wildman–Crippen LogP) is 2.36. The summed E-state index contributed by atoms with van der Waals surface area (Å²) in [6.07, 6.45) is 3.34. The molecule has 122 valence electrons. The number of methoxy groups -OCH3 is 1. The summed E-state index contributed by atoms with van der Waals surface area (Å²) in [4.78, 5) is 33.7. The molecule has 0 aromatic heterocycles. The van der Waals surface area contributed by atoms with Crippen LogP contribution in [0.3, 0.4) is 0 Å². The van der Waals surface area contributed by atoms with E-state index in [-0.39, 0.29) is 11.6 Å². The maximum atomic E-state index is 12.2. The van der Waals surface area contributed by atoms with Crippen LogP contribution in [0.2, 0.25) is 0 Å². The van der Waals surface area contributed by atoms with Crippen molar-refractivity contribution in [3.63, 3.8) is 0 Å². The minimum atomic E-state index is -0.714. The van der Waals surface area contributed by atoms with Crippen molar-refractivity contribution in [1.29, 1.82) is 0 Å². The molecule has 3 atom stereocenters. The van der Waals surface area contributed by atoms with Crippen LogP contribution in [0, 0.1) is 16.0 Å². The van der Waals surface area contributed by atoms with Crippen molar-refractivity contribution < 1.29 is 24.0 Å². The summed E-state index contributed by atoms with van der Waals surface area (Å²) in [5, 5.41) is 10.7. The van der Waals surface area contributed by atoms with Gasteiger partial charge in [0, 0.05) is 25.0 Å². The Morgan fingerprint density at radius 3 is 2.43 bits per heavy atom. The van der Waals surface area contributed by atoms with E-state index in [2.05, 4.69) is 0 Å². The first-order valence-electron chi connectivity index (χ1n) is 7.10. The molecular formula is C16H17NO6. The maximum Gasteiger partial charge on any atom is 0.313 e. The molecule has 23 heavy (non-hydrogen) atoms. The Morgan fingerprint density at radius 1 is 1.26 bits per heavy atom. The van der Waals surface area contributed by atoms with Gasteiger partial charge >= 0.3 is 11.9 Å². The van der Waals surface area contributed by atoms with E-state index in [4.69, 9.17) is 9.47 Å². The highest BCUT2D eigenvalue weighted by Crippen LogP contribution is 2.37. The van der Waals surface area contributed by atoms with Crippen molar-refractivity contribution in [2.75, 3.05) is 7.11 Å². The lowest BCUT2D eigenvalue weighted by Gasteiger charge is -2.32. The Labute approximate surface area is 133 Å². The molecule has 2 rings (SSSR count). The van der Waals surface area contributed by atoms with Crippen LogP contribution in [-0.2, 0) is 19.1 Å². The van der Waals surface area contributed by atoms with Gasteiger partial charge in [-0.05, 0) is 18.1 Å². The lowest BCUT2D eigenvalue weighted by Crippen LogP contribution is -2.38. The number of nitro groups is 1. The number of rotatable bonds is 4. The molecule has 0 N–H and O–H groups in total. The third-order valence-corrected chi connectivity index (χ3v) is 3.81. The van der Waals surface area contributed by atoms with Gasteiger partial charge in [-0.1, -0.05) is 18.2 Å². The van der Waals surface area contributed by atoms with Gasteiger partial charge in [0.1, 0.15) is 12.0 Å². The number of hydrogen-bond acceptors (Lipinski definition) is 6. The summed E-state index contributed by atoms with van der Waals surface area (Å²) in [6.45, 7) is 1.28. The number of carbonyl (C=O) groups excluding carboxylic acids is 2. The molecule has 0 bridgehead atoms. The van der Waals surface area contributed by atoms with Crippen molar-refractivity contribution >= 4 is 17.6 Å². The van der Waals surface area contributed by atoms with Crippen LogP contribution in [0.4, 0.5) is 5.69 Å². The molecule has 1 aromatic rings. The molecule has 0 fully saturated rings. The second-order valence-corrected chi connectivity index (χ2v) is 5.24. The van der Waals surface area contributed by atoms with Crippen molar-refractivity contribution in [2.24, 2.45) is 5.92 Å². The SMILES string of the molecule is COC(=O)[C@@H]1[C@@H](OC(C)=O)C=CC[C@H]1c1ccc([N+](=O)[O-])cc1. The van der Waals surface area contributed by atoms with E-state index in [1.165, 1.54) is 26.2 Å². The number of benzene rings is 1. The van der Waals surface area contributed by atoms with Crippen molar-refractivity contribution in [3.8, 4) is 0 Å². The Hall–Kier alpha value is -2.70. The average molecular weight is 319 g/mol. The molecule has 0 saturated carbocycles. The van der Waals surface area contributed by atoms with E-state index in [1.54, 1.807) is 18.2 Å². The highest BCUT2D eigenvalue weighted by molar-refractivity contribution is 5.76. The molecule has 0 radical (unpaired) electrons. The first-order chi connectivity index (χ1) is 10.9. The average Bonchev–Trinajstić information content (AvgIpc) is 2.53. The lowest BCUT2D eigenvalue weighted by molar-refractivity contribution is -0.384. The maximum absolute atomic E-state index is 12.2. The van der Waals surface area contributed by atoms with Crippen LogP contribution < -0.4 is 0 Å². The quantitative estimate of drug-likeness (QED) is 0.366. The molecule has 1 aliphatic carbocycles. The van der Waals surface area contributed by atoms with Gasteiger partial charge in [-0.25, -0.2) is 0 Å². The minimum absolute atomic E-state index is 0.0220. The minimum Gasteiger partial charge on any atom is -0.469 e. The summed E-state index contributed by atoms with van der Waals surface area (Å²) < 4.78 is 10.0. The molecule has 0 heterocycles. The molecule has 0 saturated heterocycles. The van der Waals surface area contributed by atoms with Gasteiger partial charge in [-0.3, -0.25) is 19.7 Å². The Morgan fingerprint density at radius 2 is 1.91 bits per heavy atom. The van der Waals surface area contributed by atoms with Gasteiger partial charge < -0.3 is 9.47 Å². The Bertz CT molecular complexity index is 636. The molecular weight excluding hydrogens is 302 g/mol. The van der Waals surface area contributed by atoms with Crippen LogP contribution in [0.15, 0.2) is 36.4 Å². The summed E-state index contributed by atoms with van der Waals surface area (Å²) in [7, 11) is 1.28. The highest BCUT2D eigenvalue weighted by Gasteiger charge is 2.39. The van der Waals surface area contributed by atoms with Crippen molar-refractivity contribution in [3.05, 3.63) is 52.1 Å². The van der Waals surface area contributed by atoms with Crippen LogP contribution in [-0.4, -0.2) is 30.1 Å². The van der Waals surface area contributed by atoms with Gasteiger partial charge in [-0.2, -0.15) is 0 Å². The lowest BCUT2D eigenvalue weighted by atomic mass is 9.77. The molecule has 7 heteroatoms. The van der Waals surface area contributed by atoms with E-state index in [0.29, 0.717) is 6.42 Å². The molecule has 0 unspecified atom stereocenters. The Balaban J connectivity index is 2.34. The normalized spacial score (nSPS) is 23.1. The monoisotopic (exact) mass is 319 g/mol. The van der Waals surface area contributed by atoms with Crippen molar-refractivity contribution in [2.45, 2.75) is 25.4 Å². The van der Waals surface area contributed by atoms with E-state index >= 15 is 0 Å². The summed E-state index contributed by atoms with van der Waals surface area (Å²) in [5.41, 5.74) is 0.735. The first-order valence-corrected chi connectivity index (χ1v) is 7.10. The van der Waals surface area contributed by atoms with Crippen LogP contribution in [0.1, 0.15) is 24.8 Å². The number of esters is 2. The smallest absolute Gasteiger partial charge is 0.313 e. The van der Waals surface area contributed by atoms with Gasteiger partial charge in [0.2, 0.25) is 0 Å². The largest absolute Gasteiger partial charge is 0.469 e. The molecule has 0 spiro atoms. The molecule has 0 amide bonds. The molecule has 7 nitrogen and oxygen atoms in total. The number of allylic oxidation sites excluding steroid dienone is 1. The third kappa shape index (κ3) is 3.74. The number of nitro benzene ring substituents is 1. The fraction of sp³-hybridized carbons (Fsp3) is 0.375. The zero-order valence-electron chi connectivity index (χ0n) is 12.8. The molecule has 1 aromatic carbocycles. The fourth-order valence-electron chi connectivity index (χ4n) is 2.78. The van der Waals surface area contributed by atoms with Crippen molar-refractivity contribution in [1.82, 2.24) is 0 Å². The van der Waals surface area contributed by atoms with Crippen LogP contribution >= 0.6 is 0 Å². The van der Waals surface area contributed by atoms with Crippen LogP contribution in [0.5, 0.6) is 0 Å². The first kappa shape index (κ1) is 16.7. The number of nitrogens with zero attached hydrogens (tertiary/aromatic N) is 1. The van der Waals surface area contributed by atoms with Crippen LogP contribution in [0.25, 0.3) is 0 Å². The van der Waals surface area contributed by atoms with Gasteiger partial charge in [0.25, 0.3) is 5.69 Å². The van der Waals surface area contributed by atoms with E-state index in [9.17, 15) is 19.7 Å². The van der Waals surface area contributed by atoms with E-state index in [0.717, 1.165) is 5.56 Å². The number of ether oxygens (including phenoxy) is 2. The molecule has 0 aliphatic heterocycles. The zero-order chi connectivity index (χ0) is 17.0. The summed E-state index contributed by atoms with van der Waals surface area (Å²) in [5.74, 6) is -1.94. The Kier molecular flexibility index (Phi) is 5.10. The standard InChI is InChI=1S/C16H17NO6/c1-10(18)23-14-5-3-4-13(15(14)16(19)22-2)11-6-8-12(9-7-11)17(20)21/h3,5-9,13-15H,4H2,1-2H3/t13-,14-,15-/m0/s1. The number of non-ortho nitro benzene ring substituents is 1. The molecule has 1 aliphatic rings. The van der Waals surface area contributed by atoms with Gasteiger partial charge in [-0.15, -0.1) is 0 Å². The highest BCUT2D eigenvalue weighted by atomic mass is 16.6. The number of carbonyl (C=O) groups is 2. The van der Waals surface area contributed by atoms with E-state index < -0.39 is 28.9 Å². The topological polar surface area (TPSA) is 95.7 Å². The van der Waals surface area contributed by atoms with Gasteiger partial charge in [0.05, 0.1) is 12.0 Å². The van der Waals surface area contributed by atoms with E-state index in [1.807, 2.05) is 6.08 Å². The number of hydrogen-bond donors (Lipinski definition) is 0. The third-order valence-electron chi connectivity index (χ3n) is 3.81. The second kappa shape index (κ2) is 7.04. The second-order valence-electron chi connectivity index (χ2n) is 5.24. The summed E-state index contributed by atoms with van der Waals surface area (Å²) in [6, 6.07) is 6.01. The zero-order valence-corrected chi connectivity index (χ0v) is 12.8.